The molecule has 0 saturated carbocycles. The lowest BCUT2D eigenvalue weighted by molar-refractivity contribution is 0.0958. The summed E-state index contributed by atoms with van der Waals surface area (Å²) in [6.45, 7) is 3.96. The molecule has 3 nitrogen and oxygen atoms in total. The van der Waals surface area contributed by atoms with E-state index in [4.69, 9.17) is 0 Å². The van der Waals surface area contributed by atoms with Crippen molar-refractivity contribution < 1.29 is 4.79 Å². The first-order chi connectivity index (χ1) is 7.61. The summed E-state index contributed by atoms with van der Waals surface area (Å²) in [5.74, 6) is -0.147. The number of aryl methyl sites for hydroxylation is 2. The molecule has 1 aromatic carbocycles. The molecule has 0 radical (unpaired) electrons. The summed E-state index contributed by atoms with van der Waals surface area (Å²) in [5, 5.41) is 4.74. The fourth-order valence-corrected chi connectivity index (χ4v) is 1.80. The van der Waals surface area contributed by atoms with Crippen molar-refractivity contribution in [1.82, 2.24) is 10.3 Å². The van der Waals surface area contributed by atoms with Crippen LogP contribution in [0.25, 0.3) is 10.8 Å². The Bertz CT molecular complexity index is 561. The highest BCUT2D eigenvalue weighted by atomic mass is 16.1. The van der Waals surface area contributed by atoms with Crippen LogP contribution < -0.4 is 5.32 Å². The van der Waals surface area contributed by atoms with E-state index in [1.807, 2.05) is 26.0 Å². The predicted octanol–water partition coefficient (Wildman–Crippen LogP) is 2.21. The lowest BCUT2D eigenvalue weighted by Gasteiger charge is -2.06. The number of carbonyl (C=O) groups excluding carboxylic acids is 1. The van der Waals surface area contributed by atoms with Crippen molar-refractivity contribution in [3.63, 3.8) is 0 Å². The summed E-state index contributed by atoms with van der Waals surface area (Å²) >= 11 is 0. The number of benzene rings is 1. The fraction of sp³-hybridized carbons (Fsp3) is 0.231. The van der Waals surface area contributed by atoms with E-state index in [9.17, 15) is 4.79 Å². The van der Waals surface area contributed by atoms with E-state index in [1.54, 1.807) is 7.05 Å². The standard InChI is InChI=1S/C13H14N2O/c1-8-4-5-11-9(2)15-12(13(16)14-3)7-10(11)6-8/h4-7H,1-3H3,(H,14,16). The molecule has 0 unspecified atom stereocenters. The summed E-state index contributed by atoms with van der Waals surface area (Å²) in [6, 6.07) is 7.99. The van der Waals surface area contributed by atoms with Crippen LogP contribution in [0.5, 0.6) is 0 Å². The largest absolute Gasteiger partial charge is 0.354 e. The zero-order valence-corrected chi connectivity index (χ0v) is 9.66. The zero-order valence-electron chi connectivity index (χ0n) is 9.66. The number of nitrogens with one attached hydrogen (secondary N) is 1. The van der Waals surface area contributed by atoms with Gasteiger partial charge < -0.3 is 5.32 Å². The van der Waals surface area contributed by atoms with E-state index < -0.39 is 0 Å². The monoisotopic (exact) mass is 214 g/mol. The normalized spacial score (nSPS) is 10.4. The second-order valence-corrected chi connectivity index (χ2v) is 3.90. The van der Waals surface area contributed by atoms with Crippen molar-refractivity contribution in [2.24, 2.45) is 0 Å². The van der Waals surface area contributed by atoms with Gasteiger partial charge in [-0.3, -0.25) is 4.79 Å². The molecule has 1 amide bonds. The molecule has 3 heteroatoms. The van der Waals surface area contributed by atoms with Crippen molar-refractivity contribution >= 4 is 16.7 Å². The maximum atomic E-state index is 11.5. The Morgan fingerprint density at radius 3 is 2.69 bits per heavy atom. The minimum absolute atomic E-state index is 0.147. The molecule has 0 aliphatic heterocycles. The Kier molecular flexibility index (Phi) is 2.60. The first-order valence-electron chi connectivity index (χ1n) is 5.22. The second kappa shape index (κ2) is 3.93. The average Bonchev–Trinajstić information content (AvgIpc) is 2.27. The highest BCUT2D eigenvalue weighted by Crippen LogP contribution is 2.19. The fourth-order valence-electron chi connectivity index (χ4n) is 1.80. The maximum absolute atomic E-state index is 11.5. The number of carbonyl (C=O) groups is 1. The van der Waals surface area contributed by atoms with Gasteiger partial charge in [-0.15, -0.1) is 0 Å². The van der Waals surface area contributed by atoms with Crippen LogP contribution in [0.1, 0.15) is 21.7 Å². The summed E-state index contributed by atoms with van der Waals surface area (Å²) < 4.78 is 0. The third-order valence-corrected chi connectivity index (χ3v) is 2.64. The number of fused-ring (bicyclic) bond motifs is 1. The molecule has 1 N–H and O–H groups in total. The van der Waals surface area contributed by atoms with Crippen LogP contribution in [-0.4, -0.2) is 17.9 Å². The highest BCUT2D eigenvalue weighted by molar-refractivity contribution is 5.97. The summed E-state index contributed by atoms with van der Waals surface area (Å²) in [7, 11) is 1.61. The van der Waals surface area contributed by atoms with Gasteiger partial charge in [0.25, 0.3) is 5.91 Å². The van der Waals surface area contributed by atoms with Crippen molar-refractivity contribution in [1.29, 1.82) is 0 Å². The number of aromatic nitrogens is 1. The van der Waals surface area contributed by atoms with E-state index in [1.165, 1.54) is 5.56 Å². The molecule has 0 spiro atoms. The van der Waals surface area contributed by atoms with Gasteiger partial charge in [0, 0.05) is 18.1 Å². The van der Waals surface area contributed by atoms with Gasteiger partial charge in [0.1, 0.15) is 5.69 Å². The second-order valence-electron chi connectivity index (χ2n) is 3.90. The molecule has 0 fully saturated rings. The van der Waals surface area contributed by atoms with Gasteiger partial charge in [0.05, 0.1) is 0 Å². The molecule has 82 valence electrons. The van der Waals surface area contributed by atoms with Crippen molar-refractivity contribution in [3.05, 3.63) is 41.2 Å². The molecular weight excluding hydrogens is 200 g/mol. The van der Waals surface area contributed by atoms with Crippen LogP contribution in [0.3, 0.4) is 0 Å². The van der Waals surface area contributed by atoms with Gasteiger partial charge in [-0.25, -0.2) is 4.98 Å². The zero-order chi connectivity index (χ0) is 11.7. The smallest absolute Gasteiger partial charge is 0.269 e. The minimum atomic E-state index is -0.147. The average molecular weight is 214 g/mol. The number of hydrogen-bond donors (Lipinski definition) is 1. The van der Waals surface area contributed by atoms with Gasteiger partial charge in [-0.2, -0.15) is 0 Å². The van der Waals surface area contributed by atoms with Gasteiger partial charge in [0.15, 0.2) is 0 Å². The topological polar surface area (TPSA) is 42.0 Å². The van der Waals surface area contributed by atoms with Crippen molar-refractivity contribution in [2.45, 2.75) is 13.8 Å². The lowest BCUT2D eigenvalue weighted by Crippen LogP contribution is -2.19. The lowest BCUT2D eigenvalue weighted by atomic mass is 10.1. The van der Waals surface area contributed by atoms with Gasteiger partial charge >= 0.3 is 0 Å². The predicted molar refractivity (Wildman–Crippen MR) is 64.6 cm³/mol. The molecule has 16 heavy (non-hydrogen) atoms. The van der Waals surface area contributed by atoms with Gasteiger partial charge in [-0.1, -0.05) is 23.8 Å². The molecule has 0 aliphatic rings. The third-order valence-electron chi connectivity index (χ3n) is 2.64. The van der Waals surface area contributed by atoms with Crippen molar-refractivity contribution in [3.8, 4) is 0 Å². The van der Waals surface area contributed by atoms with Crippen LogP contribution in [0.15, 0.2) is 24.3 Å². The molecule has 1 heterocycles. The molecule has 0 bridgehead atoms. The molecule has 0 atom stereocenters. The highest BCUT2D eigenvalue weighted by Gasteiger charge is 2.08. The van der Waals surface area contributed by atoms with E-state index in [0.717, 1.165) is 16.5 Å². The van der Waals surface area contributed by atoms with Crippen LogP contribution in [-0.2, 0) is 0 Å². The number of amides is 1. The van der Waals surface area contributed by atoms with Gasteiger partial charge in [-0.05, 0) is 25.3 Å². The van der Waals surface area contributed by atoms with Crippen LogP contribution in [0.2, 0.25) is 0 Å². The Balaban J connectivity index is 2.69. The number of rotatable bonds is 1. The Morgan fingerprint density at radius 1 is 1.25 bits per heavy atom. The van der Waals surface area contributed by atoms with Crippen LogP contribution in [0, 0.1) is 13.8 Å². The first kappa shape index (κ1) is 10.6. The van der Waals surface area contributed by atoms with Gasteiger partial charge in [0.2, 0.25) is 0 Å². The maximum Gasteiger partial charge on any atom is 0.269 e. The van der Waals surface area contributed by atoms with Crippen LogP contribution in [0.4, 0.5) is 0 Å². The van der Waals surface area contributed by atoms with E-state index in [-0.39, 0.29) is 5.91 Å². The van der Waals surface area contributed by atoms with Crippen LogP contribution >= 0.6 is 0 Å². The number of hydrogen-bond acceptors (Lipinski definition) is 2. The molecule has 2 rings (SSSR count). The van der Waals surface area contributed by atoms with E-state index in [2.05, 4.69) is 22.4 Å². The molecular formula is C13H14N2O. The third kappa shape index (κ3) is 1.76. The molecule has 2 aromatic rings. The number of nitrogens with zero attached hydrogens (tertiary/aromatic N) is 1. The molecule has 0 saturated heterocycles. The Morgan fingerprint density at radius 2 is 2.00 bits per heavy atom. The summed E-state index contributed by atoms with van der Waals surface area (Å²) in [6.07, 6.45) is 0. The molecule has 1 aromatic heterocycles. The SMILES string of the molecule is CNC(=O)c1cc2cc(C)ccc2c(C)n1. The molecule has 0 aliphatic carbocycles. The Labute approximate surface area is 94.5 Å². The quantitative estimate of drug-likeness (QED) is 0.790. The van der Waals surface area contributed by atoms with Crippen molar-refractivity contribution in [2.75, 3.05) is 7.05 Å². The first-order valence-corrected chi connectivity index (χ1v) is 5.22. The number of pyridine rings is 1. The van der Waals surface area contributed by atoms with E-state index in [0.29, 0.717) is 5.69 Å². The summed E-state index contributed by atoms with van der Waals surface area (Å²) in [4.78, 5) is 15.8. The Hall–Kier alpha value is -1.90. The summed E-state index contributed by atoms with van der Waals surface area (Å²) in [5.41, 5.74) is 2.54. The minimum Gasteiger partial charge on any atom is -0.354 e. The van der Waals surface area contributed by atoms with E-state index >= 15 is 0 Å².